The second-order valence-electron chi connectivity index (χ2n) is 8.82. The summed E-state index contributed by atoms with van der Waals surface area (Å²) in [5, 5.41) is 1.84. The summed E-state index contributed by atoms with van der Waals surface area (Å²) < 4.78 is 12.1. The van der Waals surface area contributed by atoms with Gasteiger partial charge in [-0.05, 0) is 49.8 Å². The van der Waals surface area contributed by atoms with Crippen LogP contribution in [0.3, 0.4) is 0 Å². The quantitative estimate of drug-likeness (QED) is 0.540. The van der Waals surface area contributed by atoms with Crippen molar-refractivity contribution in [3.8, 4) is 22.6 Å². The first kappa shape index (κ1) is 21.3. The highest BCUT2D eigenvalue weighted by molar-refractivity contribution is 5.78. The fraction of sp³-hybridized carbons (Fsp3) is 0.296. The molecule has 0 saturated heterocycles. The lowest BCUT2D eigenvalue weighted by atomic mass is 9.97. The van der Waals surface area contributed by atoms with E-state index in [9.17, 15) is 0 Å². The van der Waals surface area contributed by atoms with Gasteiger partial charge in [-0.3, -0.25) is 0 Å². The van der Waals surface area contributed by atoms with Crippen LogP contribution in [0.2, 0.25) is 0 Å². The first-order valence-electron chi connectivity index (χ1n) is 11.2. The molecular formula is C27H29N3O3. The molecule has 5 rings (SSSR count). The summed E-state index contributed by atoms with van der Waals surface area (Å²) in [7, 11) is 4.06. The zero-order valence-corrected chi connectivity index (χ0v) is 19.5. The molecule has 0 N–H and O–H groups in total. The van der Waals surface area contributed by atoms with Gasteiger partial charge in [0.05, 0.1) is 5.69 Å². The van der Waals surface area contributed by atoms with Crippen LogP contribution in [0, 0.1) is 6.92 Å². The molecule has 0 bridgehead atoms. The summed E-state index contributed by atoms with van der Waals surface area (Å²) in [6.07, 6.45) is -0.280. The Morgan fingerprint density at radius 2 is 1.79 bits per heavy atom. The fourth-order valence-corrected chi connectivity index (χ4v) is 4.37. The lowest BCUT2D eigenvalue weighted by molar-refractivity contribution is 0.0710. The number of aliphatic imine (C=N–C) groups is 1. The lowest BCUT2D eigenvalue weighted by Crippen LogP contribution is -2.38. The van der Waals surface area contributed by atoms with Crippen LogP contribution < -0.4 is 14.5 Å². The number of likely N-dealkylation sites (N-methyl/N-ethyl adjacent to an activating group) is 1. The molecule has 33 heavy (non-hydrogen) atoms. The third-order valence-corrected chi connectivity index (χ3v) is 5.86. The second kappa shape index (κ2) is 8.79. The molecule has 6 heteroatoms. The van der Waals surface area contributed by atoms with Crippen LogP contribution in [-0.2, 0) is 4.84 Å². The molecule has 0 spiro atoms. The Kier molecular flexibility index (Phi) is 5.68. The molecule has 2 aliphatic heterocycles. The third-order valence-electron chi connectivity index (χ3n) is 5.86. The number of nitrogens with zero attached hydrogens (tertiary/aromatic N) is 3. The van der Waals surface area contributed by atoms with Gasteiger partial charge in [-0.25, -0.2) is 4.99 Å². The number of ether oxygens (including phenoxy) is 2. The molecular weight excluding hydrogens is 414 g/mol. The van der Waals surface area contributed by atoms with Gasteiger partial charge >= 0.3 is 0 Å². The molecule has 0 saturated carbocycles. The summed E-state index contributed by atoms with van der Waals surface area (Å²) in [6.45, 7) is 5.35. The standard InChI is InChI=1S/C27H29N3O3/c1-18-14-21(10-12-24(18)20-8-6-5-7-9-20)27-28-19(2)33-30(27)22-11-13-25-26(15-22)32-23(17-31-25)16-29(3)4/h5-15,23,27H,16-17H2,1-4H3. The molecule has 0 aromatic heterocycles. The summed E-state index contributed by atoms with van der Waals surface area (Å²) in [5.74, 6) is 2.11. The third kappa shape index (κ3) is 4.39. The van der Waals surface area contributed by atoms with Crippen molar-refractivity contribution in [3.05, 3.63) is 77.9 Å². The maximum Gasteiger partial charge on any atom is 0.217 e. The first-order valence-corrected chi connectivity index (χ1v) is 11.2. The summed E-state index contributed by atoms with van der Waals surface area (Å²) >= 11 is 0. The topological polar surface area (TPSA) is 46.5 Å². The predicted octanol–water partition coefficient (Wildman–Crippen LogP) is 5.23. The molecule has 3 aromatic carbocycles. The minimum atomic E-state index is -0.270. The summed E-state index contributed by atoms with van der Waals surface area (Å²) in [4.78, 5) is 12.9. The second-order valence-corrected chi connectivity index (χ2v) is 8.82. The van der Waals surface area contributed by atoms with Gasteiger partial charge in [0.1, 0.15) is 12.7 Å². The van der Waals surface area contributed by atoms with Crippen LogP contribution in [0.15, 0.2) is 71.7 Å². The monoisotopic (exact) mass is 443 g/mol. The average Bonchev–Trinajstić information content (AvgIpc) is 3.20. The van der Waals surface area contributed by atoms with Crippen molar-refractivity contribution >= 4 is 11.6 Å². The van der Waals surface area contributed by atoms with E-state index in [2.05, 4.69) is 54.3 Å². The van der Waals surface area contributed by atoms with Crippen molar-refractivity contribution in [2.75, 3.05) is 32.3 Å². The molecule has 170 valence electrons. The van der Waals surface area contributed by atoms with E-state index in [-0.39, 0.29) is 12.3 Å². The SMILES string of the molecule is CC1=NC(c2ccc(-c3ccccc3)c(C)c2)N(c2ccc3c(c2)OC(CN(C)C)CO3)O1. The highest BCUT2D eigenvalue weighted by Crippen LogP contribution is 2.40. The van der Waals surface area contributed by atoms with E-state index >= 15 is 0 Å². The maximum absolute atomic E-state index is 6.21. The molecule has 0 fully saturated rings. The van der Waals surface area contributed by atoms with E-state index in [1.807, 2.05) is 50.3 Å². The van der Waals surface area contributed by atoms with Crippen LogP contribution in [0.1, 0.15) is 24.2 Å². The van der Waals surface area contributed by atoms with Gasteiger partial charge in [-0.1, -0.05) is 48.5 Å². The van der Waals surface area contributed by atoms with E-state index in [0.717, 1.165) is 29.3 Å². The van der Waals surface area contributed by atoms with Gasteiger partial charge in [0.15, 0.2) is 17.7 Å². The van der Waals surface area contributed by atoms with Crippen molar-refractivity contribution < 1.29 is 14.3 Å². The van der Waals surface area contributed by atoms with Crippen LogP contribution in [-0.4, -0.2) is 44.1 Å². The molecule has 0 radical (unpaired) electrons. The Labute approximate surface area is 195 Å². The van der Waals surface area contributed by atoms with Gasteiger partial charge in [-0.15, -0.1) is 0 Å². The Hall–Kier alpha value is -3.51. The van der Waals surface area contributed by atoms with Crippen LogP contribution >= 0.6 is 0 Å². The Balaban J connectivity index is 1.43. The van der Waals surface area contributed by atoms with Crippen molar-refractivity contribution in [1.82, 2.24) is 4.90 Å². The van der Waals surface area contributed by atoms with Gasteiger partial charge in [0, 0.05) is 25.1 Å². The fourth-order valence-electron chi connectivity index (χ4n) is 4.37. The number of hydrogen-bond donors (Lipinski definition) is 0. The maximum atomic E-state index is 6.21. The number of aryl methyl sites for hydroxylation is 1. The van der Waals surface area contributed by atoms with Gasteiger partial charge < -0.3 is 19.2 Å². The van der Waals surface area contributed by atoms with E-state index < -0.39 is 0 Å². The van der Waals surface area contributed by atoms with Gasteiger partial charge in [-0.2, -0.15) is 5.06 Å². The molecule has 6 nitrogen and oxygen atoms in total. The Bertz CT molecular complexity index is 1180. The predicted molar refractivity (Wildman–Crippen MR) is 131 cm³/mol. The minimum absolute atomic E-state index is 0.00999. The molecule has 0 amide bonds. The zero-order chi connectivity index (χ0) is 22.9. The number of rotatable bonds is 5. The highest BCUT2D eigenvalue weighted by Gasteiger charge is 2.31. The minimum Gasteiger partial charge on any atom is -0.486 e. The Morgan fingerprint density at radius 1 is 0.970 bits per heavy atom. The molecule has 3 aromatic rings. The zero-order valence-electron chi connectivity index (χ0n) is 19.5. The number of hydroxylamine groups is 1. The first-order chi connectivity index (χ1) is 16.0. The van der Waals surface area contributed by atoms with Crippen LogP contribution in [0.5, 0.6) is 11.5 Å². The Morgan fingerprint density at radius 3 is 2.55 bits per heavy atom. The van der Waals surface area contributed by atoms with Crippen LogP contribution in [0.4, 0.5) is 5.69 Å². The van der Waals surface area contributed by atoms with Gasteiger partial charge in [0.2, 0.25) is 5.90 Å². The molecule has 2 heterocycles. The number of anilines is 1. The number of fused-ring (bicyclic) bond motifs is 1. The smallest absolute Gasteiger partial charge is 0.217 e. The normalized spacial score (nSPS) is 19.4. The summed E-state index contributed by atoms with van der Waals surface area (Å²) in [5.41, 5.74) is 5.58. The van der Waals surface area contributed by atoms with Crippen molar-refractivity contribution in [2.24, 2.45) is 4.99 Å². The van der Waals surface area contributed by atoms with E-state index in [0.29, 0.717) is 12.5 Å². The van der Waals surface area contributed by atoms with Crippen LogP contribution in [0.25, 0.3) is 11.1 Å². The van der Waals surface area contributed by atoms with Crippen molar-refractivity contribution in [2.45, 2.75) is 26.1 Å². The largest absolute Gasteiger partial charge is 0.486 e. The van der Waals surface area contributed by atoms with Crippen molar-refractivity contribution in [3.63, 3.8) is 0 Å². The number of benzene rings is 3. The molecule has 0 aliphatic carbocycles. The molecule has 2 unspecified atom stereocenters. The van der Waals surface area contributed by atoms with Gasteiger partial charge in [0.25, 0.3) is 0 Å². The number of hydrogen-bond acceptors (Lipinski definition) is 6. The highest BCUT2D eigenvalue weighted by atomic mass is 16.7. The molecule has 2 atom stereocenters. The van der Waals surface area contributed by atoms with E-state index in [1.54, 1.807) is 0 Å². The average molecular weight is 444 g/mol. The molecule has 2 aliphatic rings. The van der Waals surface area contributed by atoms with Crippen molar-refractivity contribution in [1.29, 1.82) is 0 Å². The summed E-state index contributed by atoms with van der Waals surface area (Å²) in [6, 6.07) is 22.8. The van der Waals surface area contributed by atoms with E-state index in [4.69, 9.17) is 19.3 Å². The lowest BCUT2D eigenvalue weighted by Gasteiger charge is -2.30. The van der Waals surface area contributed by atoms with E-state index in [1.165, 1.54) is 16.7 Å².